The number of carboxylic acid groups (broad SMARTS) is 3. The molecule has 22 heavy (non-hydrogen) atoms. The van der Waals surface area contributed by atoms with E-state index in [-0.39, 0.29) is 19.3 Å². The SMILES string of the molecule is CC(CC(=O)O)OP(OC(C)CC(=O)O)OC(C)CC(=O)O. The van der Waals surface area contributed by atoms with Gasteiger partial charge < -0.3 is 28.9 Å². The maximum atomic E-state index is 10.6. The highest BCUT2D eigenvalue weighted by Gasteiger charge is 2.25. The lowest BCUT2D eigenvalue weighted by atomic mass is 10.3. The van der Waals surface area contributed by atoms with Crippen LogP contribution in [-0.2, 0) is 28.0 Å². The quantitative estimate of drug-likeness (QED) is 0.454. The third-order valence-electron chi connectivity index (χ3n) is 2.18. The first kappa shape index (κ1) is 20.7. The van der Waals surface area contributed by atoms with E-state index in [1.165, 1.54) is 20.8 Å². The average Bonchev–Trinajstić information content (AvgIpc) is 2.23. The van der Waals surface area contributed by atoms with Crippen LogP contribution < -0.4 is 0 Å². The second-order valence-electron chi connectivity index (χ2n) is 4.77. The van der Waals surface area contributed by atoms with Crippen LogP contribution in [0.3, 0.4) is 0 Å². The zero-order valence-corrected chi connectivity index (χ0v) is 13.5. The normalized spacial score (nSPS) is 16.5. The lowest BCUT2D eigenvalue weighted by Crippen LogP contribution is -2.19. The zero-order valence-electron chi connectivity index (χ0n) is 12.6. The molecule has 0 spiro atoms. The molecular weight excluding hydrogens is 319 g/mol. The molecule has 10 heteroatoms. The summed E-state index contributed by atoms with van der Waals surface area (Å²) in [7, 11) is -2.06. The molecule has 0 heterocycles. The van der Waals surface area contributed by atoms with Gasteiger partial charge in [0.05, 0.1) is 37.6 Å². The van der Waals surface area contributed by atoms with Crippen LogP contribution in [0.15, 0.2) is 0 Å². The van der Waals surface area contributed by atoms with Crippen molar-refractivity contribution in [3.8, 4) is 0 Å². The minimum atomic E-state index is -2.06. The molecule has 0 fully saturated rings. The summed E-state index contributed by atoms with van der Waals surface area (Å²) >= 11 is 0. The predicted octanol–water partition coefficient (Wildman–Crippen LogP) is 1.85. The average molecular weight is 340 g/mol. The molecule has 3 atom stereocenters. The number of carbonyl (C=O) groups is 3. The molecule has 0 bridgehead atoms. The van der Waals surface area contributed by atoms with Gasteiger partial charge in [0, 0.05) is 0 Å². The Hall–Kier alpha value is -1.28. The van der Waals surface area contributed by atoms with Gasteiger partial charge in [0.2, 0.25) is 0 Å². The van der Waals surface area contributed by atoms with Gasteiger partial charge in [0.1, 0.15) is 0 Å². The van der Waals surface area contributed by atoms with Crippen LogP contribution in [0.5, 0.6) is 0 Å². The van der Waals surface area contributed by atoms with Crippen molar-refractivity contribution in [1.29, 1.82) is 0 Å². The summed E-state index contributed by atoms with van der Waals surface area (Å²) < 4.78 is 16.0. The molecule has 0 rings (SSSR count). The first-order chi connectivity index (χ1) is 10.1. The lowest BCUT2D eigenvalue weighted by molar-refractivity contribution is -0.139. The first-order valence-electron chi connectivity index (χ1n) is 6.56. The van der Waals surface area contributed by atoms with E-state index in [1.54, 1.807) is 0 Å². The molecule has 9 nitrogen and oxygen atoms in total. The van der Waals surface area contributed by atoms with Gasteiger partial charge in [-0.1, -0.05) is 0 Å². The number of rotatable bonds is 12. The van der Waals surface area contributed by atoms with Crippen molar-refractivity contribution in [1.82, 2.24) is 0 Å². The van der Waals surface area contributed by atoms with E-state index in [9.17, 15) is 14.4 Å². The third-order valence-corrected chi connectivity index (χ3v) is 3.78. The highest BCUT2D eigenvalue weighted by Crippen LogP contribution is 2.44. The lowest BCUT2D eigenvalue weighted by Gasteiger charge is -2.24. The molecule has 0 saturated heterocycles. The molecule has 3 unspecified atom stereocenters. The Kier molecular flexibility index (Phi) is 9.84. The number of hydrogen-bond donors (Lipinski definition) is 3. The summed E-state index contributed by atoms with van der Waals surface area (Å²) in [5.74, 6) is -3.21. The van der Waals surface area contributed by atoms with Crippen LogP contribution in [0.2, 0.25) is 0 Å². The monoisotopic (exact) mass is 340 g/mol. The van der Waals surface area contributed by atoms with Gasteiger partial charge in [-0.15, -0.1) is 0 Å². The second-order valence-corrected chi connectivity index (χ2v) is 5.84. The van der Waals surface area contributed by atoms with Gasteiger partial charge in [-0.2, -0.15) is 0 Å². The fraction of sp³-hybridized carbons (Fsp3) is 0.750. The molecule has 128 valence electrons. The smallest absolute Gasteiger partial charge is 0.333 e. The predicted molar refractivity (Wildman–Crippen MR) is 75.3 cm³/mol. The summed E-state index contributed by atoms with van der Waals surface area (Å²) in [6.45, 7) is 4.50. The zero-order chi connectivity index (χ0) is 17.3. The highest BCUT2D eigenvalue weighted by molar-refractivity contribution is 7.41. The maximum Gasteiger partial charge on any atom is 0.333 e. The van der Waals surface area contributed by atoms with Crippen LogP contribution in [0.1, 0.15) is 40.0 Å². The minimum absolute atomic E-state index is 0.286. The van der Waals surface area contributed by atoms with Crippen molar-refractivity contribution in [2.24, 2.45) is 0 Å². The van der Waals surface area contributed by atoms with E-state index in [2.05, 4.69) is 0 Å². The molecule has 0 aromatic rings. The topological polar surface area (TPSA) is 140 Å². The molecule has 0 aliphatic rings. The van der Waals surface area contributed by atoms with E-state index in [0.29, 0.717) is 0 Å². The Bertz CT molecular complexity index is 330. The summed E-state index contributed by atoms with van der Waals surface area (Å²) in [6, 6.07) is 0. The fourth-order valence-electron chi connectivity index (χ4n) is 1.36. The van der Waals surface area contributed by atoms with Gasteiger partial charge in [-0.3, -0.25) is 14.4 Å². The standard InChI is InChI=1S/C12H21O9P/c1-7(4-10(13)14)19-22(20-8(2)5-11(15)16)21-9(3)6-12(17)18/h7-9H,4-6H2,1-3H3,(H,13,14)(H,15,16)(H,17,18). The molecule has 0 aliphatic heterocycles. The van der Waals surface area contributed by atoms with Gasteiger partial charge in [0.15, 0.2) is 0 Å². The van der Waals surface area contributed by atoms with Gasteiger partial charge in [-0.05, 0) is 20.8 Å². The van der Waals surface area contributed by atoms with Crippen LogP contribution in [-0.4, -0.2) is 51.5 Å². The molecular formula is C12H21O9P. The van der Waals surface area contributed by atoms with Crippen molar-refractivity contribution in [2.45, 2.75) is 58.3 Å². The van der Waals surface area contributed by atoms with Crippen molar-refractivity contribution in [3.05, 3.63) is 0 Å². The van der Waals surface area contributed by atoms with Crippen molar-refractivity contribution in [3.63, 3.8) is 0 Å². The Morgan fingerprint density at radius 2 is 0.955 bits per heavy atom. The van der Waals surface area contributed by atoms with E-state index in [0.717, 1.165) is 0 Å². The summed E-state index contributed by atoms with van der Waals surface area (Å²) in [4.78, 5) is 31.9. The van der Waals surface area contributed by atoms with Crippen LogP contribution in [0.4, 0.5) is 0 Å². The molecule has 0 saturated carbocycles. The molecule has 0 amide bonds. The van der Waals surface area contributed by atoms with Crippen LogP contribution in [0, 0.1) is 0 Å². The molecule has 0 radical (unpaired) electrons. The van der Waals surface area contributed by atoms with Crippen molar-refractivity contribution < 1.29 is 43.3 Å². The number of hydrogen-bond acceptors (Lipinski definition) is 6. The number of aliphatic carboxylic acids is 3. The Labute approximate surface area is 129 Å². The van der Waals surface area contributed by atoms with E-state index in [4.69, 9.17) is 28.9 Å². The highest BCUT2D eigenvalue weighted by atomic mass is 31.2. The molecule has 0 aromatic heterocycles. The molecule has 3 N–H and O–H groups in total. The maximum absolute atomic E-state index is 10.6. The Balaban J connectivity index is 4.63. The van der Waals surface area contributed by atoms with Crippen molar-refractivity contribution >= 4 is 26.5 Å². The molecule has 0 aliphatic carbocycles. The molecule has 0 aromatic carbocycles. The first-order valence-corrected chi connectivity index (χ1v) is 7.65. The van der Waals surface area contributed by atoms with Crippen LogP contribution in [0.25, 0.3) is 0 Å². The van der Waals surface area contributed by atoms with Gasteiger partial charge >= 0.3 is 26.5 Å². The van der Waals surface area contributed by atoms with Gasteiger partial charge in [-0.25, -0.2) is 0 Å². The Morgan fingerprint density at radius 1 is 0.727 bits per heavy atom. The fourth-order valence-corrected chi connectivity index (χ4v) is 2.62. The van der Waals surface area contributed by atoms with Crippen molar-refractivity contribution in [2.75, 3.05) is 0 Å². The van der Waals surface area contributed by atoms with E-state index >= 15 is 0 Å². The third kappa shape index (κ3) is 11.4. The summed E-state index contributed by atoms with van der Waals surface area (Å²) in [5, 5.41) is 26.1. The number of carboxylic acids is 3. The van der Waals surface area contributed by atoms with Crippen LogP contribution >= 0.6 is 8.60 Å². The summed E-state index contributed by atoms with van der Waals surface area (Å²) in [5.41, 5.74) is 0. The van der Waals surface area contributed by atoms with E-state index < -0.39 is 44.8 Å². The Morgan fingerprint density at radius 3 is 1.14 bits per heavy atom. The van der Waals surface area contributed by atoms with Gasteiger partial charge in [0.25, 0.3) is 0 Å². The van der Waals surface area contributed by atoms with E-state index in [1.807, 2.05) is 0 Å². The second kappa shape index (κ2) is 10.4. The largest absolute Gasteiger partial charge is 0.481 e. The summed E-state index contributed by atoms with van der Waals surface area (Å²) in [6.07, 6.45) is -3.03. The minimum Gasteiger partial charge on any atom is -0.481 e.